The normalized spacial score (nSPS) is 25.4. The van der Waals surface area contributed by atoms with E-state index in [-0.39, 0.29) is 18.6 Å². The summed E-state index contributed by atoms with van der Waals surface area (Å²) in [5, 5.41) is -1.11. The van der Waals surface area contributed by atoms with Crippen LogP contribution < -0.4 is 5.32 Å². The minimum Gasteiger partial charge on any atom is -0.450 e. The molecule has 2 N–H and O–H groups in total. The largest absolute Gasteiger partial charge is 0.450 e. The van der Waals surface area contributed by atoms with Crippen molar-refractivity contribution in [2.75, 3.05) is 6.61 Å². The smallest absolute Gasteiger partial charge is 0.407 e. The fraction of sp³-hybridized carbons (Fsp3) is 0.941. The molecule has 2 rings (SSSR count). The Morgan fingerprint density at radius 1 is 1.08 bits per heavy atom. The van der Waals surface area contributed by atoms with Crippen LogP contribution in [-0.2, 0) is 14.9 Å². The fourth-order valence-corrected chi connectivity index (χ4v) is 4.45. The number of fused-ring (bicyclic) bond motifs is 2. The standard InChI is InChI=1S/C17H29F2NO5S/c18-17(19,26(22,23)24)9-5-3-1-2-4-6-10-25-16(21)20-15-12-13-7-8-14(15)11-13/h13-15H,1-12H2,(H,20,21)(H,22,23,24). The van der Waals surface area contributed by atoms with Crippen molar-refractivity contribution in [1.29, 1.82) is 0 Å². The van der Waals surface area contributed by atoms with Crippen LogP contribution in [0, 0.1) is 11.8 Å². The second-order valence-electron chi connectivity index (χ2n) is 7.55. The molecule has 26 heavy (non-hydrogen) atoms. The van der Waals surface area contributed by atoms with E-state index in [0.29, 0.717) is 31.8 Å². The molecule has 152 valence electrons. The van der Waals surface area contributed by atoms with Crippen LogP contribution in [0.1, 0.15) is 70.6 Å². The lowest BCUT2D eigenvalue weighted by molar-refractivity contribution is 0.0683. The van der Waals surface area contributed by atoms with Crippen LogP contribution in [0.4, 0.5) is 13.6 Å². The zero-order valence-electron chi connectivity index (χ0n) is 15.0. The first-order valence-electron chi connectivity index (χ1n) is 9.47. The van der Waals surface area contributed by atoms with Crippen LogP contribution in [0.15, 0.2) is 0 Å². The topological polar surface area (TPSA) is 92.7 Å². The molecule has 0 aromatic rings. The van der Waals surface area contributed by atoms with Crippen LogP contribution >= 0.6 is 0 Å². The lowest BCUT2D eigenvalue weighted by Gasteiger charge is -2.22. The van der Waals surface area contributed by atoms with Gasteiger partial charge >= 0.3 is 21.5 Å². The summed E-state index contributed by atoms with van der Waals surface area (Å²) >= 11 is 0. The number of unbranched alkanes of at least 4 members (excludes halogenated alkanes) is 5. The van der Waals surface area contributed by atoms with Gasteiger partial charge in [-0.15, -0.1) is 0 Å². The molecule has 0 radical (unpaired) electrons. The molecule has 0 aromatic heterocycles. The van der Waals surface area contributed by atoms with Gasteiger partial charge in [0.1, 0.15) is 0 Å². The Labute approximate surface area is 153 Å². The van der Waals surface area contributed by atoms with Crippen LogP contribution in [0.5, 0.6) is 0 Å². The van der Waals surface area contributed by atoms with E-state index < -0.39 is 21.8 Å². The van der Waals surface area contributed by atoms with Crippen molar-refractivity contribution in [2.24, 2.45) is 11.8 Å². The molecule has 2 aliphatic rings. The molecule has 0 heterocycles. The second kappa shape index (κ2) is 9.30. The van der Waals surface area contributed by atoms with Crippen LogP contribution in [0.2, 0.25) is 0 Å². The number of carbonyl (C=O) groups is 1. The van der Waals surface area contributed by atoms with Crippen LogP contribution in [0.3, 0.4) is 0 Å². The predicted octanol–water partition coefficient (Wildman–Crippen LogP) is 4.11. The first kappa shape index (κ1) is 21.3. The van der Waals surface area contributed by atoms with Gasteiger partial charge in [0, 0.05) is 12.5 Å². The molecule has 2 fully saturated rings. The molecule has 0 spiro atoms. The number of ether oxygens (including phenoxy) is 1. The van der Waals surface area contributed by atoms with Crippen LogP contribution in [-0.4, -0.2) is 37.0 Å². The van der Waals surface area contributed by atoms with Gasteiger partial charge in [-0.2, -0.15) is 17.2 Å². The second-order valence-corrected chi connectivity index (χ2v) is 9.09. The lowest BCUT2D eigenvalue weighted by Crippen LogP contribution is -2.38. The SMILES string of the molecule is O=C(NC1CC2CCC1C2)OCCCCCCCCC(F)(F)S(=O)(=O)O. The van der Waals surface area contributed by atoms with Crippen molar-refractivity contribution in [1.82, 2.24) is 5.32 Å². The van der Waals surface area contributed by atoms with Gasteiger partial charge in [-0.05, 0) is 43.9 Å². The summed E-state index contributed by atoms with van der Waals surface area (Å²) in [5.74, 6) is 1.38. The maximum absolute atomic E-state index is 13.0. The summed E-state index contributed by atoms with van der Waals surface area (Å²) in [6, 6.07) is 0.266. The Hall–Kier alpha value is -0.960. The van der Waals surface area contributed by atoms with E-state index in [2.05, 4.69) is 5.32 Å². The number of rotatable bonds is 11. The Morgan fingerprint density at radius 2 is 1.73 bits per heavy atom. The number of halogens is 2. The van der Waals surface area contributed by atoms with E-state index in [9.17, 15) is 22.0 Å². The van der Waals surface area contributed by atoms with Crippen molar-refractivity contribution in [3.8, 4) is 0 Å². The average molecular weight is 397 g/mol. The van der Waals surface area contributed by atoms with Crippen molar-refractivity contribution < 1.29 is 31.3 Å². The highest BCUT2D eigenvalue weighted by Crippen LogP contribution is 2.44. The quantitative estimate of drug-likeness (QED) is 0.404. The van der Waals surface area contributed by atoms with Gasteiger partial charge < -0.3 is 10.1 Å². The van der Waals surface area contributed by atoms with Crippen molar-refractivity contribution in [3.05, 3.63) is 0 Å². The average Bonchev–Trinajstić information content (AvgIpc) is 3.14. The maximum atomic E-state index is 13.0. The summed E-state index contributed by atoms with van der Waals surface area (Å²) in [4.78, 5) is 11.8. The van der Waals surface area contributed by atoms with Crippen LogP contribution in [0.25, 0.3) is 0 Å². The van der Waals surface area contributed by atoms with Crippen molar-refractivity contribution in [3.63, 3.8) is 0 Å². The molecule has 2 saturated carbocycles. The summed E-state index contributed by atoms with van der Waals surface area (Å²) < 4.78 is 60.4. The van der Waals surface area contributed by atoms with Gasteiger partial charge in [-0.25, -0.2) is 4.79 Å². The monoisotopic (exact) mass is 397 g/mol. The molecule has 0 aromatic carbocycles. The molecular weight excluding hydrogens is 368 g/mol. The summed E-state index contributed by atoms with van der Waals surface area (Å²) in [7, 11) is -5.31. The molecule has 1 amide bonds. The third-order valence-corrected chi connectivity index (χ3v) is 6.47. The third-order valence-electron chi connectivity index (χ3n) is 5.51. The number of carbonyl (C=O) groups excluding carboxylic acids is 1. The van der Waals surface area contributed by atoms with E-state index >= 15 is 0 Å². The summed E-state index contributed by atoms with van der Waals surface area (Å²) in [5.41, 5.74) is 0. The molecule has 0 aliphatic heterocycles. The highest BCUT2D eigenvalue weighted by molar-refractivity contribution is 7.86. The number of hydrogen-bond acceptors (Lipinski definition) is 4. The molecule has 2 bridgehead atoms. The first-order chi connectivity index (χ1) is 12.2. The van der Waals surface area contributed by atoms with Gasteiger partial charge in [0.25, 0.3) is 0 Å². The van der Waals surface area contributed by atoms with Crippen molar-refractivity contribution >= 4 is 16.2 Å². The highest BCUT2D eigenvalue weighted by Gasteiger charge is 2.43. The highest BCUT2D eigenvalue weighted by atomic mass is 32.2. The van der Waals surface area contributed by atoms with Gasteiger partial charge in [-0.1, -0.05) is 32.1 Å². The fourth-order valence-electron chi connectivity index (χ4n) is 4.05. The zero-order chi connectivity index (χ0) is 19.2. The van der Waals surface area contributed by atoms with E-state index in [1.807, 2.05) is 0 Å². The van der Waals surface area contributed by atoms with E-state index in [4.69, 9.17) is 9.29 Å². The molecule has 3 atom stereocenters. The van der Waals surface area contributed by atoms with Crippen molar-refractivity contribution in [2.45, 2.75) is 81.9 Å². The third kappa shape index (κ3) is 6.33. The van der Waals surface area contributed by atoms with Gasteiger partial charge in [-0.3, -0.25) is 4.55 Å². The predicted molar refractivity (Wildman–Crippen MR) is 92.5 cm³/mol. The van der Waals surface area contributed by atoms with Gasteiger partial charge in [0.2, 0.25) is 0 Å². The van der Waals surface area contributed by atoms with E-state index in [0.717, 1.165) is 25.2 Å². The number of alkyl carbamates (subject to hydrolysis) is 1. The minimum atomic E-state index is -5.31. The first-order valence-corrected chi connectivity index (χ1v) is 10.9. The minimum absolute atomic E-state index is 0.0369. The zero-order valence-corrected chi connectivity index (χ0v) is 15.8. The number of nitrogens with one attached hydrogen (secondary N) is 1. The lowest BCUT2D eigenvalue weighted by atomic mass is 9.96. The maximum Gasteiger partial charge on any atom is 0.407 e. The number of alkyl halides is 2. The number of hydrogen-bond donors (Lipinski definition) is 2. The van der Waals surface area contributed by atoms with Gasteiger partial charge in [0.15, 0.2) is 0 Å². The number of amides is 1. The molecule has 3 unspecified atom stereocenters. The molecule has 6 nitrogen and oxygen atoms in total. The summed E-state index contributed by atoms with van der Waals surface area (Å²) in [6.07, 6.45) is 7.09. The summed E-state index contributed by atoms with van der Waals surface area (Å²) in [6.45, 7) is 0.341. The Kier molecular flexibility index (Phi) is 7.63. The van der Waals surface area contributed by atoms with Gasteiger partial charge in [0.05, 0.1) is 6.61 Å². The Morgan fingerprint density at radius 3 is 2.31 bits per heavy atom. The van der Waals surface area contributed by atoms with E-state index in [1.54, 1.807) is 0 Å². The van der Waals surface area contributed by atoms with E-state index in [1.165, 1.54) is 19.3 Å². The molecule has 2 aliphatic carbocycles. The molecule has 0 saturated heterocycles. The Bertz CT molecular complexity index is 570. The molecule has 9 heteroatoms. The molecular formula is C17H29F2NO5S. The Balaban J connectivity index is 1.42.